The molecule has 2 aromatic rings. The van der Waals surface area contributed by atoms with E-state index < -0.39 is 29.8 Å². The van der Waals surface area contributed by atoms with Crippen LogP contribution in [0.2, 0.25) is 0 Å². The van der Waals surface area contributed by atoms with E-state index in [0.29, 0.717) is 16.7 Å². The molecule has 1 aliphatic rings. The van der Waals surface area contributed by atoms with Crippen LogP contribution in [0.25, 0.3) is 5.76 Å². The third-order valence-electron chi connectivity index (χ3n) is 4.97. The number of esters is 1. The van der Waals surface area contributed by atoms with Crippen LogP contribution in [0.3, 0.4) is 0 Å². The van der Waals surface area contributed by atoms with E-state index in [0.717, 1.165) is 5.56 Å². The Hall–Kier alpha value is -3.45. The highest BCUT2D eigenvalue weighted by molar-refractivity contribution is 6.46. The molecule has 0 saturated carbocycles. The van der Waals surface area contributed by atoms with Gasteiger partial charge >= 0.3 is 5.97 Å². The zero-order valence-electron chi connectivity index (χ0n) is 17.0. The summed E-state index contributed by atoms with van der Waals surface area (Å²) < 4.78 is 4.70. The van der Waals surface area contributed by atoms with Crippen LogP contribution in [0.1, 0.15) is 40.0 Å². The fraction of sp³-hybridized carbons (Fsp3) is 0.261. The maximum atomic E-state index is 12.8. The molecule has 7 heteroatoms. The molecule has 1 heterocycles. The van der Waals surface area contributed by atoms with Crippen molar-refractivity contribution in [2.24, 2.45) is 0 Å². The third kappa shape index (κ3) is 3.97. The molecule has 156 valence electrons. The van der Waals surface area contributed by atoms with Gasteiger partial charge in [-0.05, 0) is 31.5 Å². The van der Waals surface area contributed by atoms with Gasteiger partial charge in [0.2, 0.25) is 0 Å². The predicted molar refractivity (Wildman–Crippen MR) is 110 cm³/mol. The Balaban J connectivity index is 2.14. The minimum atomic E-state index is -0.896. The molecule has 1 saturated heterocycles. The van der Waals surface area contributed by atoms with Crippen molar-refractivity contribution in [3.63, 3.8) is 0 Å². The lowest BCUT2D eigenvalue weighted by molar-refractivity contribution is -0.140. The first-order valence-corrected chi connectivity index (χ1v) is 9.46. The Bertz CT molecular complexity index is 1000. The summed E-state index contributed by atoms with van der Waals surface area (Å²) in [5.41, 5.74) is 2.17. The van der Waals surface area contributed by atoms with Crippen molar-refractivity contribution in [2.45, 2.75) is 26.0 Å². The lowest BCUT2D eigenvalue weighted by Gasteiger charge is -2.26. The van der Waals surface area contributed by atoms with E-state index in [1.54, 1.807) is 36.4 Å². The number of aliphatic hydroxyl groups is 2. The summed E-state index contributed by atoms with van der Waals surface area (Å²) in [6.07, 6.45) is -0.875. The highest BCUT2D eigenvalue weighted by Gasteiger charge is 2.46. The molecule has 2 atom stereocenters. The van der Waals surface area contributed by atoms with Gasteiger partial charge in [-0.1, -0.05) is 42.0 Å². The molecule has 2 N–H and O–H groups in total. The average molecular weight is 409 g/mol. The zero-order valence-corrected chi connectivity index (χ0v) is 17.0. The Labute approximate surface area is 174 Å². The van der Waals surface area contributed by atoms with Gasteiger partial charge < -0.3 is 19.8 Å². The molecule has 0 aromatic heterocycles. The van der Waals surface area contributed by atoms with Crippen LogP contribution in [0.5, 0.6) is 0 Å². The van der Waals surface area contributed by atoms with E-state index in [4.69, 9.17) is 4.74 Å². The summed E-state index contributed by atoms with van der Waals surface area (Å²) in [5.74, 6) is -2.43. The van der Waals surface area contributed by atoms with Gasteiger partial charge in [0.05, 0.1) is 30.4 Å². The van der Waals surface area contributed by atoms with Gasteiger partial charge in [-0.3, -0.25) is 9.59 Å². The van der Waals surface area contributed by atoms with Gasteiger partial charge in [-0.15, -0.1) is 0 Å². The molecule has 1 amide bonds. The average Bonchev–Trinajstić information content (AvgIpc) is 2.97. The van der Waals surface area contributed by atoms with Crippen LogP contribution in [0.4, 0.5) is 0 Å². The molecular formula is C23H23NO6. The van der Waals surface area contributed by atoms with Gasteiger partial charge in [0.25, 0.3) is 11.7 Å². The number of carbonyl (C=O) groups is 3. The van der Waals surface area contributed by atoms with E-state index in [2.05, 4.69) is 0 Å². The van der Waals surface area contributed by atoms with Crippen molar-refractivity contribution in [1.29, 1.82) is 0 Å². The normalized spacial score (nSPS) is 19.1. The first-order valence-electron chi connectivity index (χ1n) is 9.46. The van der Waals surface area contributed by atoms with Crippen LogP contribution in [-0.4, -0.2) is 52.5 Å². The second kappa shape index (κ2) is 8.51. The number of carbonyl (C=O) groups excluding carboxylic acids is 3. The molecular weight excluding hydrogens is 386 g/mol. The van der Waals surface area contributed by atoms with Crippen molar-refractivity contribution in [1.82, 2.24) is 4.90 Å². The number of hydrogen-bond acceptors (Lipinski definition) is 6. The largest absolute Gasteiger partial charge is 0.507 e. The number of aliphatic hydroxyl groups excluding tert-OH is 2. The molecule has 1 fully saturated rings. The molecule has 3 rings (SSSR count). The third-order valence-corrected chi connectivity index (χ3v) is 4.97. The zero-order chi connectivity index (χ0) is 22.0. The van der Waals surface area contributed by atoms with E-state index in [-0.39, 0.29) is 17.9 Å². The highest BCUT2D eigenvalue weighted by Crippen LogP contribution is 2.39. The number of aryl methyl sites for hydroxylation is 1. The number of ketones is 1. The summed E-state index contributed by atoms with van der Waals surface area (Å²) in [4.78, 5) is 38.5. The smallest absolute Gasteiger partial charge is 0.337 e. The molecule has 30 heavy (non-hydrogen) atoms. The summed E-state index contributed by atoms with van der Waals surface area (Å²) in [6.45, 7) is 3.32. The number of hydrogen-bond donors (Lipinski definition) is 2. The van der Waals surface area contributed by atoms with E-state index in [9.17, 15) is 24.6 Å². The second-order valence-corrected chi connectivity index (χ2v) is 7.28. The van der Waals surface area contributed by atoms with Crippen LogP contribution >= 0.6 is 0 Å². The van der Waals surface area contributed by atoms with Crippen molar-refractivity contribution in [3.8, 4) is 0 Å². The number of Topliss-reactive ketones (excluding diaryl/α,β-unsaturated/α-hetero) is 1. The lowest BCUT2D eigenvalue weighted by atomic mass is 9.94. The highest BCUT2D eigenvalue weighted by atomic mass is 16.5. The number of ether oxygens (including phenoxy) is 1. The van der Waals surface area contributed by atoms with Crippen molar-refractivity contribution in [2.75, 3.05) is 13.7 Å². The first kappa shape index (κ1) is 21.3. The molecule has 7 nitrogen and oxygen atoms in total. The van der Waals surface area contributed by atoms with Gasteiger partial charge in [-0.2, -0.15) is 0 Å². The van der Waals surface area contributed by atoms with Crippen LogP contribution in [-0.2, 0) is 14.3 Å². The van der Waals surface area contributed by atoms with E-state index >= 15 is 0 Å². The fourth-order valence-electron chi connectivity index (χ4n) is 3.49. The standard InChI is InChI=1S/C23H23NO6/c1-13-4-6-16(7-5-13)20(26)18-19(24(12-14(2)25)22(28)21(18)27)15-8-10-17(11-9-15)23(29)30-3/h4-11,14,19,25-26H,12H2,1-3H3/t14-,19-/m0/s1. The number of nitrogens with zero attached hydrogens (tertiary/aromatic N) is 1. The van der Waals surface area contributed by atoms with Crippen LogP contribution in [0.15, 0.2) is 54.1 Å². The Morgan fingerprint density at radius 1 is 1.07 bits per heavy atom. The first-order chi connectivity index (χ1) is 14.2. The number of amides is 1. The summed E-state index contributed by atoms with van der Waals surface area (Å²) in [7, 11) is 1.27. The molecule has 0 aliphatic carbocycles. The van der Waals surface area contributed by atoms with E-state index in [1.165, 1.54) is 31.1 Å². The molecule has 0 radical (unpaired) electrons. The molecule has 0 spiro atoms. The topological polar surface area (TPSA) is 104 Å². The summed E-state index contributed by atoms with van der Waals surface area (Å²) in [5, 5.41) is 20.8. The number of benzene rings is 2. The molecule has 1 aliphatic heterocycles. The van der Waals surface area contributed by atoms with Crippen LogP contribution < -0.4 is 0 Å². The maximum absolute atomic E-state index is 12.8. The van der Waals surface area contributed by atoms with Crippen molar-refractivity contribution < 1.29 is 29.3 Å². The number of methoxy groups -OCH3 is 1. The van der Waals surface area contributed by atoms with Crippen molar-refractivity contribution >= 4 is 23.4 Å². The SMILES string of the molecule is COC(=O)c1ccc([C@H]2C(=C(O)c3ccc(C)cc3)C(=O)C(=O)N2C[C@H](C)O)cc1. The Morgan fingerprint density at radius 3 is 2.17 bits per heavy atom. The number of rotatable bonds is 5. The maximum Gasteiger partial charge on any atom is 0.337 e. The number of β-amino-alcohol motifs (C(OH)–C–C–N with tert-alkyl or cyclic N) is 1. The Morgan fingerprint density at radius 2 is 1.63 bits per heavy atom. The van der Waals surface area contributed by atoms with Crippen LogP contribution in [0, 0.1) is 6.92 Å². The summed E-state index contributed by atoms with van der Waals surface area (Å²) >= 11 is 0. The van der Waals surface area contributed by atoms with Gasteiger partial charge in [-0.25, -0.2) is 4.79 Å². The molecule has 2 aromatic carbocycles. The lowest BCUT2D eigenvalue weighted by Crippen LogP contribution is -2.35. The fourth-order valence-corrected chi connectivity index (χ4v) is 3.49. The predicted octanol–water partition coefficient (Wildman–Crippen LogP) is 2.58. The van der Waals surface area contributed by atoms with Gasteiger partial charge in [0.15, 0.2) is 0 Å². The second-order valence-electron chi connectivity index (χ2n) is 7.28. The summed E-state index contributed by atoms with van der Waals surface area (Å²) in [6, 6.07) is 12.3. The van der Waals surface area contributed by atoms with E-state index in [1.807, 2.05) is 6.92 Å². The Kier molecular flexibility index (Phi) is 6.03. The van der Waals surface area contributed by atoms with Gasteiger partial charge in [0, 0.05) is 12.1 Å². The quantitative estimate of drug-likeness (QED) is 0.340. The monoisotopic (exact) mass is 409 g/mol. The molecule has 0 unspecified atom stereocenters. The minimum absolute atomic E-state index is 0.0599. The molecule has 0 bridgehead atoms. The number of likely N-dealkylation sites (tertiary alicyclic amines) is 1. The minimum Gasteiger partial charge on any atom is -0.507 e. The van der Waals surface area contributed by atoms with Crippen molar-refractivity contribution in [3.05, 3.63) is 76.4 Å². The van der Waals surface area contributed by atoms with Gasteiger partial charge in [0.1, 0.15) is 5.76 Å².